The topological polar surface area (TPSA) is 46.5 Å². The van der Waals surface area contributed by atoms with Gasteiger partial charge in [-0.25, -0.2) is 0 Å². The van der Waals surface area contributed by atoms with Crippen LogP contribution in [0.4, 0.5) is 0 Å². The van der Waals surface area contributed by atoms with E-state index in [-0.39, 0.29) is 12.5 Å². The van der Waals surface area contributed by atoms with Gasteiger partial charge in [-0.15, -0.1) is 0 Å². The Labute approximate surface area is 156 Å². The molecule has 2 heterocycles. The Morgan fingerprint density at radius 2 is 2.04 bits per heavy atom. The van der Waals surface area contributed by atoms with E-state index in [1.54, 1.807) is 0 Å². The molecular weight excluding hydrogens is 326 g/mol. The molecule has 5 nitrogen and oxygen atoms in total. The lowest BCUT2D eigenvalue weighted by molar-refractivity contribution is -0.123. The Kier molecular flexibility index (Phi) is 6.20. The van der Waals surface area contributed by atoms with Crippen molar-refractivity contribution in [2.75, 3.05) is 32.8 Å². The van der Waals surface area contributed by atoms with Crippen molar-refractivity contribution < 1.29 is 9.53 Å². The molecule has 0 bridgehead atoms. The molecule has 0 unspecified atom stereocenters. The van der Waals surface area contributed by atoms with Crippen molar-refractivity contribution in [2.24, 2.45) is 13.0 Å². The van der Waals surface area contributed by atoms with Crippen molar-refractivity contribution in [1.29, 1.82) is 0 Å². The van der Waals surface area contributed by atoms with E-state index >= 15 is 0 Å². The third-order valence-electron chi connectivity index (χ3n) is 5.47. The van der Waals surface area contributed by atoms with Gasteiger partial charge in [0.2, 0.25) is 0 Å². The number of likely N-dealkylation sites (tertiary alicyclic amines) is 1. The van der Waals surface area contributed by atoms with Crippen molar-refractivity contribution in [2.45, 2.75) is 33.1 Å². The zero-order valence-corrected chi connectivity index (χ0v) is 16.3. The summed E-state index contributed by atoms with van der Waals surface area (Å²) in [4.78, 5) is 14.5. The Morgan fingerprint density at radius 1 is 1.27 bits per heavy atom. The maximum atomic E-state index is 12.0. The largest absolute Gasteiger partial charge is 0.484 e. The van der Waals surface area contributed by atoms with Crippen molar-refractivity contribution in [1.82, 2.24) is 14.8 Å². The molecule has 0 atom stereocenters. The minimum Gasteiger partial charge on any atom is -0.484 e. The summed E-state index contributed by atoms with van der Waals surface area (Å²) in [5.41, 5.74) is 2.38. The zero-order valence-electron chi connectivity index (χ0n) is 16.3. The molecule has 1 N–H and O–H groups in total. The van der Waals surface area contributed by atoms with Gasteiger partial charge in [-0.1, -0.05) is 6.92 Å². The first kappa shape index (κ1) is 18.8. The normalized spacial score (nSPS) is 16.1. The smallest absolute Gasteiger partial charge is 0.257 e. The lowest BCUT2D eigenvalue weighted by Gasteiger charge is -2.30. The average molecular weight is 357 g/mol. The number of ether oxygens (including phenoxy) is 1. The summed E-state index contributed by atoms with van der Waals surface area (Å²) < 4.78 is 7.80. The number of nitrogens with one attached hydrogen (secondary N) is 1. The summed E-state index contributed by atoms with van der Waals surface area (Å²) in [6.07, 6.45) is 3.59. The average Bonchev–Trinajstić information content (AvgIpc) is 2.92. The van der Waals surface area contributed by atoms with E-state index in [0.29, 0.717) is 6.54 Å². The molecule has 5 heteroatoms. The SMILES string of the molecule is Cc1cc2cc(OCC(=O)NCCCN3CCC(C)CC3)ccc2n1C. The van der Waals surface area contributed by atoms with Crippen LogP contribution in [0.2, 0.25) is 0 Å². The highest BCUT2D eigenvalue weighted by atomic mass is 16.5. The van der Waals surface area contributed by atoms with Crippen LogP contribution in [0.15, 0.2) is 24.3 Å². The number of aromatic nitrogens is 1. The van der Waals surface area contributed by atoms with Crippen LogP contribution >= 0.6 is 0 Å². The molecule has 3 rings (SSSR count). The van der Waals surface area contributed by atoms with E-state index in [1.807, 2.05) is 18.2 Å². The quantitative estimate of drug-likeness (QED) is 0.775. The number of fused-ring (bicyclic) bond motifs is 1. The van der Waals surface area contributed by atoms with E-state index < -0.39 is 0 Å². The van der Waals surface area contributed by atoms with E-state index in [1.165, 1.54) is 37.1 Å². The predicted molar refractivity (Wildman–Crippen MR) is 106 cm³/mol. The van der Waals surface area contributed by atoms with Gasteiger partial charge in [-0.2, -0.15) is 0 Å². The highest BCUT2D eigenvalue weighted by Crippen LogP contribution is 2.23. The second kappa shape index (κ2) is 8.58. The number of amides is 1. The second-order valence-electron chi connectivity index (χ2n) is 7.58. The van der Waals surface area contributed by atoms with Crippen molar-refractivity contribution >= 4 is 16.8 Å². The molecule has 142 valence electrons. The molecular formula is C21H31N3O2. The van der Waals surface area contributed by atoms with E-state index in [9.17, 15) is 4.79 Å². The Bertz CT molecular complexity index is 745. The summed E-state index contributed by atoms with van der Waals surface area (Å²) in [6, 6.07) is 8.08. The summed E-state index contributed by atoms with van der Waals surface area (Å²) >= 11 is 0. The number of aryl methyl sites for hydroxylation is 2. The van der Waals surface area contributed by atoms with Gasteiger partial charge in [0.15, 0.2) is 6.61 Å². The number of hydrogen-bond acceptors (Lipinski definition) is 3. The lowest BCUT2D eigenvalue weighted by atomic mass is 9.99. The standard InChI is InChI=1S/C21H31N3O2/c1-16-7-11-24(12-8-16)10-4-9-22-21(25)15-26-19-5-6-20-18(14-19)13-17(2)23(20)3/h5-6,13-14,16H,4,7-12,15H2,1-3H3,(H,22,25). The highest BCUT2D eigenvalue weighted by molar-refractivity contribution is 5.83. The first-order valence-electron chi connectivity index (χ1n) is 9.71. The van der Waals surface area contributed by atoms with Gasteiger partial charge < -0.3 is 19.5 Å². The molecule has 1 aromatic heterocycles. The van der Waals surface area contributed by atoms with Gasteiger partial charge in [0.25, 0.3) is 5.91 Å². The van der Waals surface area contributed by atoms with Gasteiger partial charge in [-0.05, 0) is 76.0 Å². The van der Waals surface area contributed by atoms with Gasteiger partial charge in [0, 0.05) is 30.2 Å². The number of piperidine rings is 1. The van der Waals surface area contributed by atoms with Crippen molar-refractivity contribution in [3.05, 3.63) is 30.0 Å². The molecule has 1 aliphatic heterocycles. The van der Waals surface area contributed by atoms with Gasteiger partial charge >= 0.3 is 0 Å². The molecule has 26 heavy (non-hydrogen) atoms. The van der Waals surface area contributed by atoms with Gasteiger partial charge in [0.05, 0.1) is 0 Å². The molecule has 0 spiro atoms. The fraction of sp³-hybridized carbons (Fsp3) is 0.571. The fourth-order valence-corrected chi connectivity index (χ4v) is 3.57. The van der Waals surface area contributed by atoms with E-state index in [4.69, 9.17) is 4.74 Å². The lowest BCUT2D eigenvalue weighted by Crippen LogP contribution is -2.36. The third kappa shape index (κ3) is 4.79. The number of rotatable bonds is 7. The second-order valence-corrected chi connectivity index (χ2v) is 7.58. The van der Waals surface area contributed by atoms with Crippen LogP contribution in [0.25, 0.3) is 10.9 Å². The van der Waals surface area contributed by atoms with Crippen LogP contribution in [0.3, 0.4) is 0 Å². The van der Waals surface area contributed by atoms with E-state index in [0.717, 1.165) is 30.0 Å². The maximum absolute atomic E-state index is 12.0. The zero-order chi connectivity index (χ0) is 18.5. The van der Waals surface area contributed by atoms with Gasteiger partial charge in [0.1, 0.15) is 5.75 Å². The number of carbonyl (C=O) groups is 1. The number of hydrogen-bond donors (Lipinski definition) is 1. The summed E-state index contributed by atoms with van der Waals surface area (Å²) in [6.45, 7) is 8.65. The Morgan fingerprint density at radius 3 is 2.81 bits per heavy atom. The molecule has 2 aromatic rings. The van der Waals surface area contributed by atoms with Crippen LogP contribution in [0.5, 0.6) is 5.75 Å². The van der Waals surface area contributed by atoms with Crippen LogP contribution in [-0.4, -0.2) is 48.2 Å². The highest BCUT2D eigenvalue weighted by Gasteiger charge is 2.14. The monoisotopic (exact) mass is 357 g/mol. The minimum absolute atomic E-state index is 0.0541. The van der Waals surface area contributed by atoms with Crippen LogP contribution in [0.1, 0.15) is 31.9 Å². The van der Waals surface area contributed by atoms with Crippen LogP contribution in [0, 0.1) is 12.8 Å². The van der Waals surface area contributed by atoms with Gasteiger partial charge in [-0.3, -0.25) is 4.79 Å². The Hall–Kier alpha value is -2.01. The summed E-state index contributed by atoms with van der Waals surface area (Å²) in [5, 5.41) is 4.09. The fourth-order valence-electron chi connectivity index (χ4n) is 3.57. The molecule has 0 saturated carbocycles. The Balaban J connectivity index is 1.36. The molecule has 0 radical (unpaired) electrons. The van der Waals surface area contributed by atoms with Crippen LogP contribution < -0.4 is 10.1 Å². The first-order chi connectivity index (χ1) is 12.5. The molecule has 1 aromatic carbocycles. The maximum Gasteiger partial charge on any atom is 0.257 e. The van der Waals surface area contributed by atoms with Crippen molar-refractivity contribution in [3.63, 3.8) is 0 Å². The van der Waals surface area contributed by atoms with Crippen molar-refractivity contribution in [3.8, 4) is 5.75 Å². The van der Waals surface area contributed by atoms with Crippen LogP contribution in [-0.2, 0) is 11.8 Å². The third-order valence-corrected chi connectivity index (χ3v) is 5.47. The molecule has 0 aliphatic carbocycles. The first-order valence-corrected chi connectivity index (χ1v) is 9.71. The summed E-state index contributed by atoms with van der Waals surface area (Å²) in [5.74, 6) is 1.55. The predicted octanol–water partition coefficient (Wildman–Crippen LogP) is 3.10. The molecule has 1 fully saturated rings. The minimum atomic E-state index is -0.0541. The number of nitrogens with zero attached hydrogens (tertiary/aromatic N) is 2. The molecule has 1 amide bonds. The van der Waals surface area contributed by atoms with E-state index in [2.05, 4.69) is 41.7 Å². The number of benzene rings is 1. The number of carbonyl (C=O) groups excluding carboxylic acids is 1. The molecule has 1 saturated heterocycles. The molecule has 1 aliphatic rings. The summed E-state index contributed by atoms with van der Waals surface area (Å²) in [7, 11) is 2.05.